The number of nitrogens with one attached hydrogen (secondary N) is 3. The van der Waals surface area contributed by atoms with Crippen LogP contribution in [0.15, 0.2) is 47.7 Å². The van der Waals surface area contributed by atoms with Crippen molar-refractivity contribution in [2.75, 3.05) is 19.5 Å². The maximum absolute atomic E-state index is 13.2. The van der Waals surface area contributed by atoms with Gasteiger partial charge in [-0.2, -0.15) is 0 Å². The molecule has 3 N–H and O–H groups in total. The van der Waals surface area contributed by atoms with E-state index in [0.717, 1.165) is 11.1 Å². The second kappa shape index (κ2) is 8.26. The third-order valence-electron chi connectivity index (χ3n) is 5.03. The third-order valence-corrected chi connectivity index (χ3v) is 5.03. The number of rotatable bonds is 5. The van der Waals surface area contributed by atoms with E-state index in [1.807, 2.05) is 32.0 Å². The highest BCUT2D eigenvalue weighted by atomic mass is 16.5. The summed E-state index contributed by atoms with van der Waals surface area (Å²) in [6.07, 6.45) is 0. The van der Waals surface area contributed by atoms with Crippen molar-refractivity contribution in [1.29, 1.82) is 0 Å². The first kappa shape index (κ1) is 20.3. The number of methoxy groups -OCH3 is 2. The molecule has 29 heavy (non-hydrogen) atoms. The first-order valence-electron chi connectivity index (χ1n) is 9.23. The highest BCUT2D eigenvalue weighted by molar-refractivity contribution is 6.07. The summed E-state index contributed by atoms with van der Waals surface area (Å²) in [5, 5.41) is 8.43. The lowest BCUT2D eigenvalue weighted by Crippen LogP contribution is -2.46. The molecule has 0 spiro atoms. The Morgan fingerprint density at radius 3 is 2.41 bits per heavy atom. The molecule has 1 aliphatic heterocycles. The normalized spacial score (nSPS) is 16.0. The van der Waals surface area contributed by atoms with Crippen LogP contribution in [0, 0.1) is 13.8 Å². The van der Waals surface area contributed by atoms with Crippen molar-refractivity contribution in [1.82, 2.24) is 10.6 Å². The van der Waals surface area contributed by atoms with E-state index >= 15 is 0 Å². The number of amides is 3. The number of carbonyl (C=O) groups is 2. The lowest BCUT2D eigenvalue weighted by Gasteiger charge is -2.29. The number of benzene rings is 2. The Morgan fingerprint density at radius 2 is 1.76 bits per heavy atom. The summed E-state index contributed by atoms with van der Waals surface area (Å²) in [5.41, 5.74) is 4.41. The molecule has 0 radical (unpaired) electrons. The number of aryl methyl sites for hydroxylation is 2. The van der Waals surface area contributed by atoms with Crippen LogP contribution in [0.4, 0.5) is 10.5 Å². The summed E-state index contributed by atoms with van der Waals surface area (Å²) >= 11 is 0. The van der Waals surface area contributed by atoms with Crippen molar-refractivity contribution in [3.63, 3.8) is 0 Å². The van der Waals surface area contributed by atoms with Gasteiger partial charge in [0.25, 0.3) is 5.91 Å². The van der Waals surface area contributed by atoms with Gasteiger partial charge in [0.05, 0.1) is 25.8 Å². The van der Waals surface area contributed by atoms with Crippen LogP contribution in [0.2, 0.25) is 0 Å². The fourth-order valence-corrected chi connectivity index (χ4v) is 3.31. The number of carbonyl (C=O) groups excluding carboxylic acids is 2. The van der Waals surface area contributed by atoms with Crippen molar-refractivity contribution in [2.24, 2.45) is 0 Å². The first-order chi connectivity index (χ1) is 13.8. The fraction of sp³-hybridized carbons (Fsp3) is 0.273. The van der Waals surface area contributed by atoms with Crippen molar-refractivity contribution in [3.8, 4) is 11.5 Å². The van der Waals surface area contributed by atoms with E-state index < -0.39 is 6.04 Å². The highest BCUT2D eigenvalue weighted by Gasteiger charge is 2.33. The van der Waals surface area contributed by atoms with E-state index in [2.05, 4.69) is 16.0 Å². The molecule has 2 aromatic rings. The van der Waals surface area contributed by atoms with Crippen LogP contribution in [0.25, 0.3) is 0 Å². The van der Waals surface area contributed by atoms with Gasteiger partial charge in [-0.1, -0.05) is 6.07 Å². The zero-order valence-electron chi connectivity index (χ0n) is 17.2. The molecular weight excluding hydrogens is 370 g/mol. The zero-order chi connectivity index (χ0) is 21.1. The minimum Gasteiger partial charge on any atom is -0.497 e. The summed E-state index contributed by atoms with van der Waals surface area (Å²) in [6, 6.07) is 9.90. The molecule has 1 aliphatic rings. The van der Waals surface area contributed by atoms with Crippen LogP contribution in [0.1, 0.15) is 29.7 Å². The van der Waals surface area contributed by atoms with Crippen molar-refractivity contribution in [2.45, 2.75) is 26.8 Å². The predicted octanol–water partition coefficient (Wildman–Crippen LogP) is 3.59. The Balaban J connectivity index is 2.02. The van der Waals surface area contributed by atoms with Crippen molar-refractivity contribution >= 4 is 17.6 Å². The molecule has 0 bridgehead atoms. The van der Waals surface area contributed by atoms with Gasteiger partial charge in [-0.25, -0.2) is 4.79 Å². The van der Waals surface area contributed by atoms with Crippen LogP contribution < -0.4 is 25.4 Å². The smallest absolute Gasteiger partial charge is 0.319 e. The van der Waals surface area contributed by atoms with E-state index in [4.69, 9.17) is 9.47 Å². The molecule has 1 heterocycles. The van der Waals surface area contributed by atoms with Gasteiger partial charge >= 0.3 is 6.03 Å². The first-order valence-corrected chi connectivity index (χ1v) is 9.23. The Bertz CT molecular complexity index is 998. The van der Waals surface area contributed by atoms with Crippen molar-refractivity contribution < 1.29 is 19.1 Å². The molecule has 3 rings (SSSR count). The molecule has 0 aliphatic carbocycles. The molecule has 1 atom stereocenters. The van der Waals surface area contributed by atoms with E-state index in [1.54, 1.807) is 39.3 Å². The third kappa shape index (κ3) is 4.18. The second-order valence-corrected chi connectivity index (χ2v) is 6.93. The molecule has 0 aromatic heterocycles. The molecule has 7 heteroatoms. The van der Waals surface area contributed by atoms with Crippen LogP contribution in [-0.4, -0.2) is 26.2 Å². The highest BCUT2D eigenvalue weighted by Crippen LogP contribution is 2.36. The van der Waals surface area contributed by atoms with Gasteiger partial charge in [0.15, 0.2) is 0 Å². The molecule has 2 aromatic carbocycles. The van der Waals surface area contributed by atoms with Crippen LogP contribution in [0.5, 0.6) is 11.5 Å². The van der Waals surface area contributed by atoms with Gasteiger partial charge in [-0.05, 0) is 62.2 Å². The van der Waals surface area contributed by atoms with Gasteiger partial charge in [-0.15, -0.1) is 0 Å². The minimum absolute atomic E-state index is 0.312. The number of hydrogen-bond acceptors (Lipinski definition) is 4. The van der Waals surface area contributed by atoms with Gasteiger partial charge in [0, 0.05) is 16.9 Å². The van der Waals surface area contributed by atoms with Crippen molar-refractivity contribution in [3.05, 3.63) is 64.4 Å². The van der Waals surface area contributed by atoms with Crippen LogP contribution >= 0.6 is 0 Å². The van der Waals surface area contributed by atoms with E-state index in [-0.39, 0.29) is 11.9 Å². The maximum atomic E-state index is 13.2. The molecule has 7 nitrogen and oxygen atoms in total. The SMILES string of the molecule is COc1ccc(OC)c([C@H]2NC(=O)NC(C)=C2C(=O)Nc2ccc(C)c(C)c2)c1. The van der Waals surface area contributed by atoms with Gasteiger partial charge in [0.2, 0.25) is 0 Å². The molecule has 152 valence electrons. The largest absolute Gasteiger partial charge is 0.497 e. The standard InChI is InChI=1S/C22H25N3O4/c1-12-6-7-15(10-13(12)2)24-21(26)19-14(3)23-22(27)25-20(19)17-11-16(28-4)8-9-18(17)29-5/h6-11,20H,1-5H3,(H,24,26)(H2,23,25,27)/t20-/m1/s1. The summed E-state index contributed by atoms with van der Waals surface area (Å²) in [7, 11) is 3.10. The monoisotopic (exact) mass is 395 g/mol. The molecule has 0 saturated heterocycles. The summed E-state index contributed by atoms with van der Waals surface area (Å²) in [5.74, 6) is 0.829. The topological polar surface area (TPSA) is 88.7 Å². The number of ether oxygens (including phenoxy) is 2. The summed E-state index contributed by atoms with van der Waals surface area (Å²) in [6.45, 7) is 5.70. The fourth-order valence-electron chi connectivity index (χ4n) is 3.31. The van der Waals surface area contributed by atoms with Crippen LogP contribution in [0.3, 0.4) is 0 Å². The Morgan fingerprint density at radius 1 is 1.00 bits per heavy atom. The average molecular weight is 395 g/mol. The Labute approximate surface area is 170 Å². The van der Waals surface area contributed by atoms with Crippen LogP contribution in [-0.2, 0) is 4.79 Å². The van der Waals surface area contributed by atoms with E-state index in [9.17, 15) is 9.59 Å². The molecule has 0 unspecified atom stereocenters. The molecule has 3 amide bonds. The van der Waals surface area contributed by atoms with Gasteiger partial charge < -0.3 is 25.4 Å². The minimum atomic E-state index is -0.694. The number of urea groups is 1. The summed E-state index contributed by atoms with van der Waals surface area (Å²) in [4.78, 5) is 25.3. The predicted molar refractivity (Wildman–Crippen MR) is 111 cm³/mol. The molecule has 0 saturated carbocycles. The number of anilines is 1. The second-order valence-electron chi connectivity index (χ2n) is 6.93. The van der Waals surface area contributed by atoms with E-state index in [1.165, 1.54) is 0 Å². The zero-order valence-corrected chi connectivity index (χ0v) is 17.2. The summed E-state index contributed by atoms with van der Waals surface area (Å²) < 4.78 is 10.8. The lowest BCUT2D eigenvalue weighted by atomic mass is 9.93. The number of allylic oxidation sites excluding steroid dienone is 1. The van der Waals surface area contributed by atoms with E-state index in [0.29, 0.717) is 34.0 Å². The lowest BCUT2D eigenvalue weighted by molar-refractivity contribution is -0.113. The molecule has 0 fully saturated rings. The van der Waals surface area contributed by atoms with Gasteiger partial charge in [-0.3, -0.25) is 4.79 Å². The Hall–Kier alpha value is -3.48. The average Bonchev–Trinajstić information content (AvgIpc) is 2.69. The Kier molecular flexibility index (Phi) is 5.77. The molecular formula is C22H25N3O4. The number of hydrogen-bond donors (Lipinski definition) is 3. The van der Waals surface area contributed by atoms with Gasteiger partial charge in [0.1, 0.15) is 11.5 Å². The maximum Gasteiger partial charge on any atom is 0.319 e. The quantitative estimate of drug-likeness (QED) is 0.722.